The summed E-state index contributed by atoms with van der Waals surface area (Å²) in [6, 6.07) is 9.43. The number of carbonyl (C=O) groups excluding carboxylic acids is 1. The SMILES string of the molecule is COc1cc(C)[nH]c(=O)c1CNC(=O)c1c(C)n([C@H](C)C2CCN(C[C@H](OC)C(F)(F)F)CC2)c2ccccc12. The van der Waals surface area contributed by atoms with Crippen LogP contribution < -0.4 is 15.6 Å². The Morgan fingerprint density at radius 1 is 1.18 bits per heavy atom. The van der Waals surface area contributed by atoms with Crippen LogP contribution in [0.1, 0.15) is 53.1 Å². The van der Waals surface area contributed by atoms with Crippen LogP contribution in [-0.4, -0.2) is 66.5 Å². The van der Waals surface area contributed by atoms with E-state index in [2.05, 4.69) is 26.5 Å². The van der Waals surface area contributed by atoms with E-state index in [9.17, 15) is 22.8 Å². The number of nitrogens with zero attached hydrogens (tertiary/aromatic N) is 2. The number of likely N-dealkylation sites (tertiary alicyclic amines) is 1. The number of pyridine rings is 1. The van der Waals surface area contributed by atoms with E-state index in [-0.39, 0.29) is 36.5 Å². The van der Waals surface area contributed by atoms with Crippen molar-refractivity contribution < 1.29 is 27.4 Å². The first kappa shape index (κ1) is 29.7. The molecule has 0 unspecified atom stereocenters. The third-order valence-corrected chi connectivity index (χ3v) is 8.05. The van der Waals surface area contributed by atoms with Crippen molar-refractivity contribution >= 4 is 16.8 Å². The van der Waals surface area contributed by atoms with Crippen LogP contribution in [-0.2, 0) is 11.3 Å². The lowest BCUT2D eigenvalue weighted by Gasteiger charge is -2.37. The number of fused-ring (bicyclic) bond motifs is 1. The minimum absolute atomic E-state index is 0.00493. The molecule has 1 fully saturated rings. The van der Waals surface area contributed by atoms with Crippen LogP contribution in [0.5, 0.6) is 5.75 Å². The Hall–Kier alpha value is -3.31. The summed E-state index contributed by atoms with van der Waals surface area (Å²) in [6.07, 6.45) is -4.72. The maximum Gasteiger partial charge on any atom is 0.415 e. The summed E-state index contributed by atoms with van der Waals surface area (Å²) in [5.41, 5.74) is 2.94. The zero-order chi connectivity index (χ0) is 29.2. The van der Waals surface area contributed by atoms with E-state index >= 15 is 0 Å². The number of H-pyrrole nitrogens is 1. The van der Waals surface area contributed by atoms with E-state index in [1.807, 2.05) is 36.1 Å². The molecule has 11 heteroatoms. The smallest absolute Gasteiger partial charge is 0.415 e. The van der Waals surface area contributed by atoms with Gasteiger partial charge in [-0.3, -0.25) is 9.59 Å². The Kier molecular flexibility index (Phi) is 8.94. The third-order valence-electron chi connectivity index (χ3n) is 8.05. The van der Waals surface area contributed by atoms with Crippen LogP contribution in [0, 0.1) is 19.8 Å². The second kappa shape index (κ2) is 12.1. The molecule has 0 bridgehead atoms. The molecule has 0 radical (unpaired) electrons. The van der Waals surface area contributed by atoms with E-state index < -0.39 is 12.3 Å². The summed E-state index contributed by atoms with van der Waals surface area (Å²) in [4.78, 5) is 30.6. The number of benzene rings is 1. The van der Waals surface area contributed by atoms with Crippen molar-refractivity contribution in [2.24, 2.45) is 5.92 Å². The molecule has 8 nitrogen and oxygen atoms in total. The lowest BCUT2D eigenvalue weighted by molar-refractivity contribution is -0.217. The number of ether oxygens (including phenoxy) is 2. The van der Waals surface area contributed by atoms with Crippen molar-refractivity contribution in [1.82, 2.24) is 19.8 Å². The Balaban J connectivity index is 1.53. The van der Waals surface area contributed by atoms with E-state index in [1.54, 1.807) is 13.0 Å². The van der Waals surface area contributed by atoms with Gasteiger partial charge in [0.1, 0.15) is 5.75 Å². The summed E-state index contributed by atoms with van der Waals surface area (Å²) in [5.74, 6) is 0.339. The fourth-order valence-electron chi connectivity index (χ4n) is 5.87. The number of alkyl halides is 3. The van der Waals surface area contributed by atoms with Gasteiger partial charge in [0.15, 0.2) is 6.10 Å². The number of carbonyl (C=O) groups is 1. The van der Waals surface area contributed by atoms with Crippen molar-refractivity contribution in [3.05, 3.63) is 63.2 Å². The van der Waals surface area contributed by atoms with Gasteiger partial charge in [0, 0.05) is 42.0 Å². The number of halogens is 3. The second-order valence-electron chi connectivity index (χ2n) is 10.5. The molecule has 218 valence electrons. The van der Waals surface area contributed by atoms with Crippen LogP contribution in [0.15, 0.2) is 35.1 Å². The molecule has 1 aliphatic heterocycles. The molecule has 1 saturated heterocycles. The van der Waals surface area contributed by atoms with Crippen molar-refractivity contribution in [3.8, 4) is 5.75 Å². The first-order chi connectivity index (χ1) is 19.0. The highest BCUT2D eigenvalue weighted by Gasteiger charge is 2.41. The fraction of sp³-hybridized carbons (Fsp3) is 0.517. The van der Waals surface area contributed by atoms with Crippen LogP contribution in [0.3, 0.4) is 0 Å². The number of para-hydroxylation sites is 1. The topological polar surface area (TPSA) is 88.6 Å². The van der Waals surface area contributed by atoms with Crippen molar-refractivity contribution in [3.63, 3.8) is 0 Å². The molecule has 1 aliphatic rings. The zero-order valence-electron chi connectivity index (χ0n) is 23.5. The van der Waals surface area contributed by atoms with Crippen molar-refractivity contribution in [2.45, 2.75) is 58.5 Å². The quantitative estimate of drug-likeness (QED) is 0.394. The normalized spacial score (nSPS) is 16.7. The number of hydrogen-bond acceptors (Lipinski definition) is 5. The zero-order valence-corrected chi connectivity index (χ0v) is 23.5. The third kappa shape index (κ3) is 6.05. The average Bonchev–Trinajstić information content (AvgIpc) is 3.21. The second-order valence-corrected chi connectivity index (χ2v) is 10.5. The molecule has 2 N–H and O–H groups in total. The summed E-state index contributed by atoms with van der Waals surface area (Å²) < 4.78 is 51.7. The van der Waals surface area contributed by atoms with Gasteiger partial charge in [0.05, 0.1) is 24.8 Å². The number of piperidine rings is 1. The summed E-state index contributed by atoms with van der Waals surface area (Å²) in [5, 5.41) is 3.70. The Morgan fingerprint density at radius 3 is 2.48 bits per heavy atom. The standard InChI is InChI=1S/C29H37F3N4O4/c1-17-14-24(39-4)22(27(37)34-17)15-33-28(38)26-19(3)36(23-9-7-6-8-21(23)26)18(2)20-10-12-35(13-11-20)16-25(40-5)29(30,31)32/h6-9,14,18,20,25H,10-13,15-16H2,1-5H3,(H,33,38)(H,34,37)/t18-,25+/m1/s1. The minimum atomic E-state index is -4.39. The number of aromatic amines is 1. The molecule has 2 atom stereocenters. The van der Waals surface area contributed by atoms with Gasteiger partial charge in [-0.15, -0.1) is 0 Å². The molecule has 0 aliphatic carbocycles. The van der Waals surface area contributed by atoms with Crippen LogP contribution in [0.2, 0.25) is 0 Å². The molecule has 1 amide bonds. The molecule has 0 saturated carbocycles. The minimum Gasteiger partial charge on any atom is -0.496 e. The lowest BCUT2D eigenvalue weighted by atomic mass is 9.89. The number of aryl methyl sites for hydroxylation is 1. The Bertz CT molecular complexity index is 1410. The van der Waals surface area contributed by atoms with Gasteiger partial charge < -0.3 is 29.2 Å². The van der Waals surface area contributed by atoms with Gasteiger partial charge in [-0.2, -0.15) is 13.2 Å². The number of rotatable bonds is 9. The van der Waals surface area contributed by atoms with Crippen LogP contribution in [0.25, 0.3) is 10.9 Å². The van der Waals surface area contributed by atoms with Gasteiger partial charge in [-0.25, -0.2) is 0 Å². The maximum absolute atomic E-state index is 13.5. The number of hydrogen-bond donors (Lipinski definition) is 2. The molecule has 40 heavy (non-hydrogen) atoms. The predicted molar refractivity (Wildman–Crippen MR) is 147 cm³/mol. The van der Waals surface area contributed by atoms with Gasteiger partial charge in [0.2, 0.25) is 0 Å². The van der Waals surface area contributed by atoms with E-state index in [1.165, 1.54) is 7.11 Å². The van der Waals surface area contributed by atoms with Crippen LogP contribution >= 0.6 is 0 Å². The molecule has 4 rings (SSSR count). The maximum atomic E-state index is 13.5. The van der Waals surface area contributed by atoms with Crippen molar-refractivity contribution in [1.29, 1.82) is 0 Å². The number of amides is 1. The largest absolute Gasteiger partial charge is 0.496 e. The summed E-state index contributed by atoms with van der Waals surface area (Å²) in [7, 11) is 2.57. The van der Waals surface area contributed by atoms with Gasteiger partial charge in [-0.05, 0) is 64.8 Å². The number of aromatic nitrogens is 2. The van der Waals surface area contributed by atoms with E-state index in [0.29, 0.717) is 35.7 Å². The summed E-state index contributed by atoms with van der Waals surface area (Å²) >= 11 is 0. The monoisotopic (exact) mass is 562 g/mol. The molecular formula is C29H37F3N4O4. The van der Waals surface area contributed by atoms with Crippen LogP contribution in [0.4, 0.5) is 13.2 Å². The van der Waals surface area contributed by atoms with Crippen molar-refractivity contribution in [2.75, 3.05) is 33.9 Å². The Morgan fingerprint density at radius 2 is 1.85 bits per heavy atom. The number of methoxy groups -OCH3 is 2. The first-order valence-corrected chi connectivity index (χ1v) is 13.4. The average molecular weight is 563 g/mol. The molecule has 3 heterocycles. The summed E-state index contributed by atoms with van der Waals surface area (Å²) in [6.45, 7) is 6.69. The highest BCUT2D eigenvalue weighted by Crippen LogP contribution is 2.36. The van der Waals surface area contributed by atoms with Gasteiger partial charge >= 0.3 is 6.18 Å². The molecule has 2 aromatic heterocycles. The molecule has 3 aromatic rings. The van der Waals surface area contributed by atoms with Gasteiger partial charge in [0.25, 0.3) is 11.5 Å². The molecule has 1 aromatic carbocycles. The fourth-order valence-corrected chi connectivity index (χ4v) is 5.87. The van der Waals surface area contributed by atoms with Gasteiger partial charge in [-0.1, -0.05) is 18.2 Å². The number of nitrogens with one attached hydrogen (secondary N) is 2. The Labute approximate surface area is 231 Å². The lowest BCUT2D eigenvalue weighted by Crippen LogP contribution is -2.45. The first-order valence-electron chi connectivity index (χ1n) is 13.4. The highest BCUT2D eigenvalue weighted by molar-refractivity contribution is 6.08. The van der Waals surface area contributed by atoms with E-state index in [0.717, 1.165) is 36.5 Å². The molecular weight excluding hydrogens is 525 g/mol. The molecule has 0 spiro atoms. The highest BCUT2D eigenvalue weighted by atomic mass is 19.4. The van der Waals surface area contributed by atoms with E-state index in [4.69, 9.17) is 4.74 Å². The predicted octanol–water partition coefficient (Wildman–Crippen LogP) is 4.74.